The molecule has 24 atom stereocenters. The van der Waals surface area contributed by atoms with Crippen LogP contribution >= 0.6 is 0 Å². The lowest BCUT2D eigenvalue weighted by atomic mass is 9.32. The number of carbonyl (C=O) groups is 2. The zero-order valence-corrected chi connectivity index (χ0v) is 38.6. The molecule has 10 N–H and O–H groups in total. The molecule has 8 aliphatic rings. The minimum absolute atomic E-state index is 0.0204. The molecule has 3 aliphatic heterocycles. The maximum absolute atomic E-state index is 14.0. The van der Waals surface area contributed by atoms with Crippen molar-refractivity contribution in [2.24, 2.45) is 50.2 Å². The van der Waals surface area contributed by atoms with Gasteiger partial charge in [0.1, 0.15) is 61.2 Å². The molecule has 18 nitrogen and oxygen atoms in total. The fraction of sp³-hybridized carbons (Fsp3) is 0.915. The second kappa shape index (κ2) is 17.3. The van der Waals surface area contributed by atoms with E-state index in [1.54, 1.807) is 0 Å². The highest BCUT2D eigenvalue weighted by molar-refractivity contribution is 5.73. The van der Waals surface area contributed by atoms with Crippen molar-refractivity contribution in [3.63, 3.8) is 0 Å². The molecule has 0 bridgehead atoms. The molecule has 0 aromatic carbocycles. The summed E-state index contributed by atoms with van der Waals surface area (Å²) in [5.74, 6) is -1.57. The molecule has 0 spiro atoms. The minimum Gasteiger partial charge on any atom is -0.479 e. The highest BCUT2D eigenvalue weighted by atomic mass is 16.8. The molecule has 0 aromatic rings. The molecule has 8 rings (SSSR count). The van der Waals surface area contributed by atoms with Crippen LogP contribution in [0.15, 0.2) is 11.6 Å². The molecule has 0 unspecified atom stereocenters. The molecule has 5 aliphatic carbocycles. The largest absolute Gasteiger partial charge is 0.479 e. The van der Waals surface area contributed by atoms with Crippen LogP contribution in [0.3, 0.4) is 0 Å². The third kappa shape index (κ3) is 7.62. The van der Waals surface area contributed by atoms with Crippen LogP contribution in [0, 0.1) is 50.2 Å². The summed E-state index contributed by atoms with van der Waals surface area (Å²) in [4.78, 5) is 26.4. The molecule has 370 valence electrons. The van der Waals surface area contributed by atoms with E-state index < -0.39 is 127 Å². The van der Waals surface area contributed by atoms with Crippen LogP contribution in [-0.2, 0) is 38.0 Å². The second-order valence-electron chi connectivity index (χ2n) is 22.8. The van der Waals surface area contributed by atoms with Crippen LogP contribution in [0.2, 0.25) is 0 Å². The molecule has 3 heterocycles. The Kier molecular flexibility index (Phi) is 13.2. The number of aldehydes is 1. The summed E-state index contributed by atoms with van der Waals surface area (Å²) in [6, 6.07) is 0. The SMILES string of the molecule is C[C@@H]1O[C@@H](O[C@H]2[C@H](O[C@H]3[C@H](O[C@H]4CC[C@@]5(C=O)[C@H](CC[C@]6(C)[C@H]5CC[C@@H]5C7=C[C@@](C)(CO)C[C@@H](O)[C@]7(C)CC[C@]56C)C4(C)C)O[C@H](C(=O)O)[C@@H](O)[C@@H]3O)OC[C@@H](O)[C@@H]2O)[C@H](O)[C@H](O)[C@H]1O. The number of fused-ring (bicyclic) bond motifs is 7. The van der Waals surface area contributed by atoms with Crippen molar-refractivity contribution < 1.29 is 89.1 Å². The third-order valence-corrected chi connectivity index (χ3v) is 19.0. The molecule has 7 fully saturated rings. The number of rotatable bonds is 9. The fourth-order valence-electron chi connectivity index (χ4n) is 14.7. The van der Waals surface area contributed by atoms with Crippen LogP contribution in [0.5, 0.6) is 0 Å². The van der Waals surface area contributed by atoms with Crippen molar-refractivity contribution in [2.75, 3.05) is 13.2 Å². The molecule has 65 heavy (non-hydrogen) atoms. The van der Waals surface area contributed by atoms with Crippen molar-refractivity contribution in [3.8, 4) is 0 Å². The van der Waals surface area contributed by atoms with Gasteiger partial charge in [-0.2, -0.15) is 0 Å². The van der Waals surface area contributed by atoms with E-state index in [4.69, 9.17) is 28.4 Å². The van der Waals surface area contributed by atoms with Gasteiger partial charge in [0.05, 0.1) is 31.5 Å². The Morgan fingerprint density at radius 2 is 1.40 bits per heavy atom. The van der Waals surface area contributed by atoms with Gasteiger partial charge in [0.2, 0.25) is 0 Å². The third-order valence-electron chi connectivity index (χ3n) is 19.0. The summed E-state index contributed by atoms with van der Waals surface area (Å²) >= 11 is 0. The molecule has 4 saturated carbocycles. The standard InChI is InChI=1S/C47H74O18/c1-21-29(52)31(54)34(57)39(61-21)64-36-30(53)24(50)18-60-40(36)65-37-33(56)32(55)35(38(58)59)63-41(37)62-28-11-13-47(20-49)25(42(28,2)3)10-12-46(7)26(47)9-8-22-23-16-43(4,19-48)17-27(51)44(23,5)14-15-45(22,46)6/h16,20-22,24-37,39-41,48,50-57H,8-15,17-19H2,1-7H3,(H,58,59)/t21-,22+,24+,25+,26+,27+,28-,29-,30-,31+,32-,33-,34+,35-,36+,37+,39-,40-,41+,43+,44+,45+,46+,47+/m0/s1. The predicted molar refractivity (Wildman–Crippen MR) is 225 cm³/mol. The smallest absolute Gasteiger partial charge is 0.335 e. The number of aliphatic carboxylic acids is 1. The highest BCUT2D eigenvalue weighted by Crippen LogP contribution is 2.76. The van der Waals surface area contributed by atoms with E-state index in [2.05, 4.69) is 26.8 Å². The number of carboxylic acids is 1. The number of hydrogen-bond donors (Lipinski definition) is 10. The first-order chi connectivity index (χ1) is 30.3. The Labute approximate surface area is 380 Å². The van der Waals surface area contributed by atoms with Crippen molar-refractivity contribution >= 4 is 12.3 Å². The molecular formula is C47H74O18. The first-order valence-electron chi connectivity index (χ1n) is 23.7. The molecule has 18 heteroatoms. The van der Waals surface area contributed by atoms with Crippen LogP contribution in [0.4, 0.5) is 0 Å². The zero-order valence-electron chi connectivity index (χ0n) is 38.6. The molecular weight excluding hydrogens is 852 g/mol. The second-order valence-corrected chi connectivity index (χ2v) is 22.8. The van der Waals surface area contributed by atoms with Crippen LogP contribution in [0.1, 0.15) is 106 Å². The molecule has 0 radical (unpaired) electrons. The number of hydrogen-bond acceptors (Lipinski definition) is 17. The Balaban J connectivity index is 1.05. The Morgan fingerprint density at radius 1 is 0.723 bits per heavy atom. The lowest BCUT2D eigenvalue weighted by molar-refractivity contribution is -0.386. The average molecular weight is 927 g/mol. The summed E-state index contributed by atoms with van der Waals surface area (Å²) in [6.07, 6.45) is -15.2. The minimum atomic E-state index is -2.02. The van der Waals surface area contributed by atoms with Crippen LogP contribution < -0.4 is 0 Å². The first kappa shape index (κ1) is 49.7. The number of aliphatic hydroxyl groups excluding tert-OH is 9. The maximum Gasteiger partial charge on any atom is 0.335 e. The van der Waals surface area contributed by atoms with E-state index >= 15 is 0 Å². The van der Waals surface area contributed by atoms with Gasteiger partial charge in [0.15, 0.2) is 25.0 Å². The summed E-state index contributed by atoms with van der Waals surface area (Å²) in [7, 11) is 0. The monoisotopic (exact) mass is 926 g/mol. The topological polar surface area (TPSA) is 292 Å². The van der Waals surface area contributed by atoms with Gasteiger partial charge in [-0.3, -0.25) is 0 Å². The zero-order chi connectivity index (χ0) is 47.6. The van der Waals surface area contributed by atoms with Gasteiger partial charge in [0, 0.05) is 16.2 Å². The summed E-state index contributed by atoms with van der Waals surface area (Å²) in [6.45, 7) is 13.9. The van der Waals surface area contributed by atoms with Crippen molar-refractivity contribution in [3.05, 3.63) is 11.6 Å². The van der Waals surface area contributed by atoms with Gasteiger partial charge in [-0.05, 0) is 98.7 Å². The van der Waals surface area contributed by atoms with Gasteiger partial charge in [-0.1, -0.05) is 53.2 Å². The van der Waals surface area contributed by atoms with Gasteiger partial charge >= 0.3 is 5.97 Å². The number of ether oxygens (including phenoxy) is 6. The van der Waals surface area contributed by atoms with E-state index in [1.165, 1.54) is 18.8 Å². The maximum atomic E-state index is 14.0. The van der Waals surface area contributed by atoms with Gasteiger partial charge < -0.3 is 84.3 Å². The quantitative estimate of drug-likeness (QED) is 0.0857. The first-order valence-corrected chi connectivity index (χ1v) is 23.7. The van der Waals surface area contributed by atoms with E-state index in [9.17, 15) is 60.7 Å². The van der Waals surface area contributed by atoms with Crippen molar-refractivity contribution in [1.82, 2.24) is 0 Å². The van der Waals surface area contributed by atoms with Gasteiger partial charge in [-0.25, -0.2) is 4.79 Å². The highest BCUT2D eigenvalue weighted by Gasteiger charge is 2.71. The van der Waals surface area contributed by atoms with E-state index in [0.717, 1.165) is 32.1 Å². The number of carboxylic acid groups (broad SMARTS) is 1. The predicted octanol–water partition coefficient (Wildman–Crippen LogP) is 0.523. The van der Waals surface area contributed by atoms with Gasteiger partial charge in [0.25, 0.3) is 0 Å². The Bertz CT molecular complexity index is 1810. The number of carbonyl (C=O) groups excluding carboxylic acids is 1. The fourth-order valence-corrected chi connectivity index (χ4v) is 14.7. The van der Waals surface area contributed by atoms with Crippen LogP contribution in [-0.4, -0.2) is 175 Å². The summed E-state index contributed by atoms with van der Waals surface area (Å²) in [5, 5.41) is 108. The summed E-state index contributed by atoms with van der Waals surface area (Å²) in [5.41, 5.74) is -1.58. The van der Waals surface area contributed by atoms with Crippen molar-refractivity contribution in [2.45, 2.75) is 204 Å². The van der Waals surface area contributed by atoms with Crippen molar-refractivity contribution in [1.29, 1.82) is 0 Å². The Morgan fingerprint density at radius 3 is 2.06 bits per heavy atom. The lowest BCUT2D eigenvalue weighted by Gasteiger charge is -2.72. The van der Waals surface area contributed by atoms with E-state index in [1.807, 2.05) is 20.8 Å². The normalized spacial score (nSPS) is 55.4. The lowest BCUT2D eigenvalue weighted by Crippen LogP contribution is -2.68. The van der Waals surface area contributed by atoms with E-state index in [-0.39, 0.29) is 40.6 Å². The van der Waals surface area contributed by atoms with Crippen LogP contribution in [0.25, 0.3) is 0 Å². The molecule has 0 aromatic heterocycles. The van der Waals surface area contributed by atoms with Gasteiger partial charge in [-0.15, -0.1) is 0 Å². The Hall–Kier alpha value is -1.72. The molecule has 3 saturated heterocycles. The summed E-state index contributed by atoms with van der Waals surface area (Å²) < 4.78 is 36.0. The van der Waals surface area contributed by atoms with E-state index in [0.29, 0.717) is 25.7 Å². The average Bonchev–Trinajstić information content (AvgIpc) is 3.25. The number of aliphatic hydroxyl groups is 9. The molecule has 0 amide bonds.